The molecular formula is C25H34N4O4. The van der Waals surface area contributed by atoms with Gasteiger partial charge in [0.05, 0.1) is 37.2 Å². The Labute approximate surface area is 195 Å². The average Bonchev–Trinajstić information content (AvgIpc) is 2.77. The van der Waals surface area contributed by atoms with Crippen LogP contribution in [-0.2, 0) is 20.8 Å². The molecule has 0 aliphatic carbocycles. The van der Waals surface area contributed by atoms with Gasteiger partial charge in [-0.15, -0.1) is 0 Å². The van der Waals surface area contributed by atoms with Crippen LogP contribution >= 0.6 is 0 Å². The van der Waals surface area contributed by atoms with Gasteiger partial charge in [0.1, 0.15) is 0 Å². The van der Waals surface area contributed by atoms with Crippen molar-refractivity contribution in [1.29, 1.82) is 0 Å². The molecule has 1 heterocycles. The first kappa shape index (κ1) is 24.5. The van der Waals surface area contributed by atoms with Crippen molar-refractivity contribution in [3.63, 3.8) is 0 Å². The van der Waals surface area contributed by atoms with Gasteiger partial charge >= 0.3 is 11.9 Å². The predicted octanol–water partition coefficient (Wildman–Crippen LogP) is 3.26. The van der Waals surface area contributed by atoms with E-state index in [1.54, 1.807) is 18.2 Å². The van der Waals surface area contributed by atoms with Gasteiger partial charge in [-0.05, 0) is 56.7 Å². The van der Waals surface area contributed by atoms with E-state index >= 15 is 0 Å². The molecule has 8 nitrogen and oxygen atoms in total. The van der Waals surface area contributed by atoms with Crippen LogP contribution in [0, 0.1) is 0 Å². The van der Waals surface area contributed by atoms with E-state index in [0.29, 0.717) is 24.4 Å². The quantitative estimate of drug-likeness (QED) is 0.463. The highest BCUT2D eigenvalue weighted by Gasteiger charge is 2.31. The van der Waals surface area contributed by atoms with Crippen molar-refractivity contribution in [3.05, 3.63) is 53.6 Å². The average molecular weight is 455 g/mol. The fourth-order valence-electron chi connectivity index (χ4n) is 4.35. The maximum atomic E-state index is 11.9. The maximum Gasteiger partial charge on any atom is 0.337 e. The third-order valence-electron chi connectivity index (χ3n) is 5.88. The normalized spacial score (nSPS) is 19.2. The van der Waals surface area contributed by atoms with Gasteiger partial charge < -0.3 is 20.5 Å². The van der Waals surface area contributed by atoms with Gasteiger partial charge in [-0.2, -0.15) is 0 Å². The summed E-state index contributed by atoms with van der Waals surface area (Å²) in [7, 11) is 1.35. The highest BCUT2D eigenvalue weighted by molar-refractivity contribution is 5.92. The molecular weight excluding hydrogens is 420 g/mol. The van der Waals surface area contributed by atoms with Crippen LogP contribution < -0.4 is 11.1 Å². The number of nitrogens with one attached hydrogen (secondary N) is 1. The molecule has 0 bridgehead atoms. The molecule has 0 saturated carbocycles. The molecule has 1 saturated heterocycles. The van der Waals surface area contributed by atoms with Crippen molar-refractivity contribution in [1.82, 2.24) is 9.80 Å². The summed E-state index contributed by atoms with van der Waals surface area (Å²) in [6.45, 7) is 9.45. The number of carbonyl (C=O) groups is 2. The second kappa shape index (κ2) is 11.2. The Morgan fingerprint density at radius 1 is 1.12 bits per heavy atom. The van der Waals surface area contributed by atoms with E-state index in [4.69, 9.17) is 15.2 Å². The minimum absolute atomic E-state index is 0.165. The van der Waals surface area contributed by atoms with Gasteiger partial charge in [0.15, 0.2) is 0 Å². The molecule has 3 N–H and O–H groups in total. The van der Waals surface area contributed by atoms with Gasteiger partial charge in [-0.25, -0.2) is 4.79 Å². The summed E-state index contributed by atoms with van der Waals surface area (Å²) in [6.07, 6.45) is 0. The summed E-state index contributed by atoms with van der Waals surface area (Å²) in [4.78, 5) is 28.3. The Hall–Kier alpha value is -3.10. The van der Waals surface area contributed by atoms with Gasteiger partial charge in [0.25, 0.3) is 0 Å². The first-order valence-corrected chi connectivity index (χ1v) is 11.3. The lowest BCUT2D eigenvalue weighted by Gasteiger charge is -2.44. The van der Waals surface area contributed by atoms with Gasteiger partial charge in [0, 0.05) is 37.4 Å². The van der Waals surface area contributed by atoms with Crippen molar-refractivity contribution in [3.8, 4) is 0 Å². The third-order valence-corrected chi connectivity index (χ3v) is 5.88. The number of nitrogen functional groups attached to an aromatic ring is 1. The number of nitrogens with two attached hydrogens (primary N) is 1. The number of benzene rings is 2. The summed E-state index contributed by atoms with van der Waals surface area (Å²) in [5.41, 5.74) is 9.86. The van der Waals surface area contributed by atoms with E-state index in [9.17, 15) is 9.59 Å². The maximum absolute atomic E-state index is 11.9. The molecule has 2 atom stereocenters. The van der Waals surface area contributed by atoms with Crippen LogP contribution in [0.15, 0.2) is 42.5 Å². The van der Waals surface area contributed by atoms with E-state index in [0.717, 1.165) is 31.0 Å². The van der Waals surface area contributed by atoms with Crippen LogP contribution in [0.5, 0.6) is 0 Å². The van der Waals surface area contributed by atoms with Crippen molar-refractivity contribution in [2.45, 2.75) is 39.4 Å². The van der Waals surface area contributed by atoms with Crippen molar-refractivity contribution >= 4 is 29.0 Å². The monoisotopic (exact) mass is 454 g/mol. The van der Waals surface area contributed by atoms with Crippen LogP contribution in [0.25, 0.3) is 0 Å². The third kappa shape index (κ3) is 6.46. The molecule has 1 fully saturated rings. The minimum Gasteiger partial charge on any atom is -0.465 e. The molecule has 0 amide bonds. The van der Waals surface area contributed by atoms with Crippen LogP contribution in [0.4, 0.5) is 17.1 Å². The smallest absolute Gasteiger partial charge is 0.337 e. The number of rotatable bonds is 8. The SMILES string of the molecule is CCOC(=O)CN1C(C)CN(Cc2cccc(Nc3ccc(C(=O)OC)cc3N)c2)CC1C. The zero-order valence-corrected chi connectivity index (χ0v) is 19.8. The summed E-state index contributed by atoms with van der Waals surface area (Å²) >= 11 is 0. The lowest BCUT2D eigenvalue weighted by Crippen LogP contribution is -2.57. The van der Waals surface area contributed by atoms with Crippen molar-refractivity contribution in [2.24, 2.45) is 0 Å². The molecule has 0 spiro atoms. The van der Waals surface area contributed by atoms with Crippen molar-refractivity contribution < 1.29 is 19.1 Å². The van der Waals surface area contributed by atoms with Gasteiger partial charge in [0.2, 0.25) is 0 Å². The molecule has 178 valence electrons. The Balaban J connectivity index is 1.63. The first-order chi connectivity index (χ1) is 15.8. The summed E-state index contributed by atoms with van der Waals surface area (Å²) in [5.74, 6) is -0.580. The molecule has 0 aromatic heterocycles. The minimum atomic E-state index is -0.416. The lowest BCUT2D eigenvalue weighted by molar-refractivity contribution is -0.146. The lowest BCUT2D eigenvalue weighted by atomic mass is 10.1. The Morgan fingerprint density at radius 2 is 1.85 bits per heavy atom. The highest BCUT2D eigenvalue weighted by atomic mass is 16.5. The number of hydrogen-bond donors (Lipinski definition) is 2. The zero-order chi connectivity index (χ0) is 24.0. The summed E-state index contributed by atoms with van der Waals surface area (Å²) in [5, 5.41) is 3.34. The number of esters is 2. The highest BCUT2D eigenvalue weighted by Crippen LogP contribution is 2.26. The number of hydrogen-bond acceptors (Lipinski definition) is 8. The van der Waals surface area contributed by atoms with E-state index in [-0.39, 0.29) is 18.1 Å². The molecule has 2 aromatic rings. The van der Waals surface area contributed by atoms with E-state index in [1.807, 2.05) is 19.1 Å². The standard InChI is InChI=1S/C25H34N4O4/c1-5-33-24(30)16-29-17(2)13-28(14-18(29)3)15-19-7-6-8-21(11-19)27-23-10-9-20(12-22(23)26)25(31)32-4/h6-12,17-18,27H,5,13-16,26H2,1-4H3. The molecule has 8 heteroatoms. The number of methoxy groups -OCH3 is 1. The van der Waals surface area contributed by atoms with Crippen LogP contribution in [-0.4, -0.2) is 67.2 Å². The largest absolute Gasteiger partial charge is 0.465 e. The second-order valence-electron chi connectivity index (χ2n) is 8.49. The van der Waals surface area contributed by atoms with Gasteiger partial charge in [-0.3, -0.25) is 14.6 Å². The molecule has 1 aliphatic rings. The van der Waals surface area contributed by atoms with E-state index in [2.05, 4.69) is 41.1 Å². The molecule has 2 unspecified atom stereocenters. The van der Waals surface area contributed by atoms with Gasteiger partial charge in [-0.1, -0.05) is 12.1 Å². The topological polar surface area (TPSA) is 97.1 Å². The first-order valence-electron chi connectivity index (χ1n) is 11.3. The Morgan fingerprint density at radius 3 is 2.48 bits per heavy atom. The number of carbonyl (C=O) groups excluding carboxylic acids is 2. The molecule has 33 heavy (non-hydrogen) atoms. The number of ether oxygens (including phenoxy) is 2. The molecule has 1 aliphatic heterocycles. The van der Waals surface area contributed by atoms with Crippen LogP contribution in [0.2, 0.25) is 0 Å². The van der Waals surface area contributed by atoms with Crippen LogP contribution in [0.1, 0.15) is 36.7 Å². The number of anilines is 3. The second-order valence-corrected chi connectivity index (χ2v) is 8.49. The zero-order valence-electron chi connectivity index (χ0n) is 19.8. The number of nitrogens with zero attached hydrogens (tertiary/aromatic N) is 2. The van der Waals surface area contributed by atoms with E-state index < -0.39 is 5.97 Å². The van der Waals surface area contributed by atoms with Crippen LogP contribution in [0.3, 0.4) is 0 Å². The summed E-state index contributed by atoms with van der Waals surface area (Å²) in [6, 6.07) is 13.8. The molecule has 2 aromatic carbocycles. The number of piperazine rings is 1. The fraction of sp³-hybridized carbons (Fsp3) is 0.440. The molecule has 3 rings (SSSR count). The molecule has 0 radical (unpaired) electrons. The van der Waals surface area contributed by atoms with Crippen molar-refractivity contribution in [2.75, 3.05) is 44.4 Å². The Bertz CT molecular complexity index is 969. The predicted molar refractivity (Wildman–Crippen MR) is 129 cm³/mol. The summed E-state index contributed by atoms with van der Waals surface area (Å²) < 4.78 is 9.87. The Kier molecular flexibility index (Phi) is 8.30. The van der Waals surface area contributed by atoms with E-state index in [1.165, 1.54) is 12.7 Å². The fourth-order valence-corrected chi connectivity index (χ4v) is 4.35.